The maximum Gasteiger partial charge on any atom is 0.342 e. The summed E-state index contributed by atoms with van der Waals surface area (Å²) in [7, 11) is -3.97. The smallest absolute Gasteiger partial charge is 0.342 e. The second-order valence-electron chi connectivity index (χ2n) is 4.19. The molecule has 1 atom stereocenters. The lowest BCUT2D eigenvalue weighted by Gasteiger charge is -2.11. The minimum atomic E-state index is -3.97. The van der Waals surface area contributed by atoms with Gasteiger partial charge in [-0.05, 0) is 26.0 Å². The number of aromatic nitrogens is 2. The summed E-state index contributed by atoms with van der Waals surface area (Å²) in [6.07, 6.45) is 2.56. The number of furan rings is 1. The van der Waals surface area contributed by atoms with Gasteiger partial charge in [0.2, 0.25) is 0 Å². The van der Waals surface area contributed by atoms with Gasteiger partial charge in [0.05, 0.1) is 25.1 Å². The Kier molecular flexibility index (Phi) is 4.43. The van der Waals surface area contributed by atoms with E-state index >= 15 is 0 Å². The SMILES string of the molecule is CCOC(=O)c1cn[nH]c1S(=O)(=O)N[C@@H](C)c1ccco1. The Morgan fingerprint density at radius 2 is 2.33 bits per heavy atom. The van der Waals surface area contributed by atoms with Crippen molar-refractivity contribution in [3.8, 4) is 0 Å². The van der Waals surface area contributed by atoms with Crippen molar-refractivity contribution >= 4 is 16.0 Å². The maximum absolute atomic E-state index is 12.3. The predicted octanol–water partition coefficient (Wildman–Crippen LogP) is 1.22. The molecule has 2 heterocycles. The third-order valence-corrected chi connectivity index (χ3v) is 4.18. The highest BCUT2D eigenvalue weighted by molar-refractivity contribution is 7.89. The van der Waals surface area contributed by atoms with Crippen LogP contribution in [0.1, 0.15) is 36.0 Å². The lowest BCUT2D eigenvalue weighted by atomic mass is 10.3. The minimum absolute atomic E-state index is 0.139. The van der Waals surface area contributed by atoms with Gasteiger partial charge in [-0.3, -0.25) is 5.10 Å². The largest absolute Gasteiger partial charge is 0.468 e. The Morgan fingerprint density at radius 3 is 2.95 bits per heavy atom. The van der Waals surface area contributed by atoms with Gasteiger partial charge in [0.1, 0.15) is 11.3 Å². The number of carbonyl (C=O) groups excluding carboxylic acids is 1. The molecule has 0 aliphatic heterocycles. The summed E-state index contributed by atoms with van der Waals surface area (Å²) in [5, 5.41) is 5.56. The van der Waals surface area contributed by atoms with Gasteiger partial charge in [0.15, 0.2) is 5.03 Å². The van der Waals surface area contributed by atoms with Gasteiger partial charge in [0.25, 0.3) is 10.0 Å². The van der Waals surface area contributed by atoms with E-state index in [4.69, 9.17) is 9.15 Å². The molecule has 0 aliphatic carbocycles. The molecule has 0 unspecified atom stereocenters. The molecule has 2 aromatic rings. The molecule has 0 aliphatic rings. The van der Waals surface area contributed by atoms with Gasteiger partial charge < -0.3 is 9.15 Å². The molecule has 0 radical (unpaired) electrons. The summed E-state index contributed by atoms with van der Waals surface area (Å²) in [6, 6.07) is 2.70. The van der Waals surface area contributed by atoms with E-state index in [1.165, 1.54) is 6.26 Å². The summed E-state index contributed by atoms with van der Waals surface area (Å²) in [6.45, 7) is 3.39. The van der Waals surface area contributed by atoms with Crippen LogP contribution in [-0.4, -0.2) is 31.2 Å². The van der Waals surface area contributed by atoms with Crippen LogP contribution in [0, 0.1) is 0 Å². The maximum atomic E-state index is 12.3. The fourth-order valence-corrected chi connectivity index (χ4v) is 3.02. The van der Waals surface area contributed by atoms with E-state index in [1.54, 1.807) is 26.0 Å². The summed E-state index contributed by atoms with van der Waals surface area (Å²) in [4.78, 5) is 11.7. The van der Waals surface area contributed by atoms with Gasteiger partial charge in [-0.15, -0.1) is 0 Å². The molecule has 0 bridgehead atoms. The first kappa shape index (κ1) is 15.3. The van der Waals surface area contributed by atoms with Crippen molar-refractivity contribution in [2.24, 2.45) is 0 Å². The molecule has 0 saturated heterocycles. The third-order valence-electron chi connectivity index (χ3n) is 2.67. The molecule has 0 aromatic carbocycles. The minimum Gasteiger partial charge on any atom is -0.468 e. The van der Waals surface area contributed by atoms with Crippen molar-refractivity contribution in [1.82, 2.24) is 14.9 Å². The number of esters is 1. The molecule has 0 fully saturated rings. The molecule has 2 aromatic heterocycles. The monoisotopic (exact) mass is 313 g/mol. The topological polar surface area (TPSA) is 114 Å². The zero-order chi connectivity index (χ0) is 15.5. The van der Waals surface area contributed by atoms with Crippen molar-refractivity contribution < 1.29 is 22.4 Å². The Morgan fingerprint density at radius 1 is 1.57 bits per heavy atom. The first-order valence-corrected chi connectivity index (χ1v) is 7.70. The number of rotatable bonds is 6. The molecule has 0 spiro atoms. The van der Waals surface area contributed by atoms with Crippen LogP contribution in [0.2, 0.25) is 0 Å². The molecular weight excluding hydrogens is 298 g/mol. The van der Waals surface area contributed by atoms with Crippen LogP contribution in [0.15, 0.2) is 34.0 Å². The van der Waals surface area contributed by atoms with E-state index in [0.717, 1.165) is 6.20 Å². The van der Waals surface area contributed by atoms with E-state index in [0.29, 0.717) is 5.76 Å². The number of aromatic amines is 1. The van der Waals surface area contributed by atoms with Crippen molar-refractivity contribution in [3.63, 3.8) is 0 Å². The molecule has 21 heavy (non-hydrogen) atoms. The van der Waals surface area contributed by atoms with Crippen LogP contribution >= 0.6 is 0 Å². The first-order chi connectivity index (χ1) is 9.95. The van der Waals surface area contributed by atoms with Crippen LogP contribution in [-0.2, 0) is 14.8 Å². The highest BCUT2D eigenvalue weighted by Crippen LogP contribution is 2.18. The van der Waals surface area contributed by atoms with E-state index < -0.39 is 22.0 Å². The number of nitrogens with zero attached hydrogens (tertiary/aromatic N) is 1. The molecular formula is C12H15N3O5S. The first-order valence-electron chi connectivity index (χ1n) is 6.22. The third kappa shape index (κ3) is 3.31. The van der Waals surface area contributed by atoms with E-state index in [-0.39, 0.29) is 17.2 Å². The van der Waals surface area contributed by atoms with Gasteiger partial charge in [-0.25, -0.2) is 13.2 Å². The Hall–Kier alpha value is -2.13. The summed E-state index contributed by atoms with van der Waals surface area (Å²) in [5.74, 6) is -0.298. The van der Waals surface area contributed by atoms with Gasteiger partial charge in [0, 0.05) is 0 Å². The molecule has 0 saturated carbocycles. The second-order valence-corrected chi connectivity index (χ2v) is 5.84. The van der Waals surface area contributed by atoms with Crippen LogP contribution in [0.4, 0.5) is 0 Å². The fraction of sp³-hybridized carbons (Fsp3) is 0.333. The van der Waals surface area contributed by atoms with E-state index in [1.807, 2.05) is 0 Å². The number of carbonyl (C=O) groups is 1. The molecule has 2 rings (SSSR count). The average molecular weight is 313 g/mol. The van der Waals surface area contributed by atoms with Crippen molar-refractivity contribution in [2.45, 2.75) is 24.9 Å². The quantitative estimate of drug-likeness (QED) is 0.775. The Bertz CT molecular complexity index is 705. The Balaban J connectivity index is 2.24. The number of hydrogen-bond donors (Lipinski definition) is 2. The summed E-state index contributed by atoms with van der Waals surface area (Å²) >= 11 is 0. The van der Waals surface area contributed by atoms with Crippen LogP contribution < -0.4 is 4.72 Å². The fourth-order valence-electron chi connectivity index (χ4n) is 1.72. The van der Waals surface area contributed by atoms with E-state index in [2.05, 4.69) is 14.9 Å². The highest BCUT2D eigenvalue weighted by Gasteiger charge is 2.28. The zero-order valence-electron chi connectivity index (χ0n) is 11.5. The summed E-state index contributed by atoms with van der Waals surface area (Å²) < 4.78 is 36.9. The lowest BCUT2D eigenvalue weighted by Crippen LogP contribution is -2.28. The van der Waals surface area contributed by atoms with Gasteiger partial charge in [-0.1, -0.05) is 0 Å². The molecule has 114 valence electrons. The lowest BCUT2D eigenvalue weighted by molar-refractivity contribution is 0.0522. The van der Waals surface area contributed by atoms with Crippen molar-refractivity contribution in [2.75, 3.05) is 6.61 Å². The van der Waals surface area contributed by atoms with Crippen LogP contribution in [0.25, 0.3) is 0 Å². The predicted molar refractivity (Wildman–Crippen MR) is 72.0 cm³/mol. The number of ether oxygens (including phenoxy) is 1. The van der Waals surface area contributed by atoms with Crippen molar-refractivity contribution in [3.05, 3.63) is 35.9 Å². The molecule has 0 amide bonds. The summed E-state index contributed by atoms with van der Waals surface area (Å²) in [5.41, 5.74) is -0.143. The number of H-pyrrole nitrogens is 1. The zero-order valence-corrected chi connectivity index (χ0v) is 12.3. The molecule has 2 N–H and O–H groups in total. The second kappa shape index (κ2) is 6.10. The van der Waals surface area contributed by atoms with Crippen molar-refractivity contribution in [1.29, 1.82) is 0 Å². The number of nitrogens with one attached hydrogen (secondary N) is 2. The van der Waals surface area contributed by atoms with E-state index in [9.17, 15) is 13.2 Å². The number of hydrogen-bond acceptors (Lipinski definition) is 6. The van der Waals surface area contributed by atoms with Gasteiger partial charge in [-0.2, -0.15) is 9.82 Å². The highest BCUT2D eigenvalue weighted by atomic mass is 32.2. The Labute approximate surface area is 121 Å². The normalized spacial score (nSPS) is 13.0. The average Bonchev–Trinajstić information content (AvgIpc) is 3.10. The number of sulfonamides is 1. The van der Waals surface area contributed by atoms with Crippen LogP contribution in [0.3, 0.4) is 0 Å². The standard InChI is InChI=1S/C12H15N3O5S/c1-3-19-12(16)9-7-13-14-11(9)21(17,18)15-8(2)10-5-4-6-20-10/h4-8,15H,3H2,1-2H3,(H,13,14)/t8-/m0/s1. The molecule has 8 nitrogen and oxygen atoms in total. The van der Waals surface area contributed by atoms with Crippen LogP contribution in [0.5, 0.6) is 0 Å². The molecule has 9 heteroatoms. The van der Waals surface area contributed by atoms with Gasteiger partial charge >= 0.3 is 5.97 Å².